The molecule has 0 rings (SSSR count). The van der Waals surface area contributed by atoms with Crippen LogP contribution in [0.2, 0.25) is 0 Å². The van der Waals surface area contributed by atoms with Crippen molar-refractivity contribution in [2.45, 2.75) is 38.5 Å². The normalized spacial score (nSPS) is 17.1. The predicted octanol–water partition coefficient (Wildman–Crippen LogP) is 1.70. The smallest absolute Gasteiger partial charge is 0.305 e. The van der Waals surface area contributed by atoms with Gasteiger partial charge >= 0.3 is 5.97 Å². The van der Waals surface area contributed by atoms with E-state index in [4.69, 9.17) is 2.74 Å². The van der Waals surface area contributed by atoms with Gasteiger partial charge in [0.1, 0.15) is 6.29 Å². The van der Waals surface area contributed by atoms with Gasteiger partial charge in [-0.2, -0.15) is 0 Å². The number of hydrogen-bond donors (Lipinski definition) is 0. The Hall–Kier alpha value is -0.860. The largest absolute Gasteiger partial charge is 0.469 e. The Labute approximate surface area is 75.9 Å². The zero-order chi connectivity index (χ0) is 11.0. The van der Waals surface area contributed by atoms with Crippen LogP contribution < -0.4 is 0 Å². The first-order chi connectivity index (χ1) is 6.61. The van der Waals surface area contributed by atoms with Crippen LogP contribution in [0.25, 0.3) is 0 Å². The minimum atomic E-state index is -0.617. The Kier molecular flexibility index (Phi) is 5.34. The molecule has 0 aromatic heterocycles. The highest BCUT2D eigenvalue weighted by atomic mass is 16.5. The number of esters is 1. The Morgan fingerprint density at radius 2 is 2.17 bits per heavy atom. The summed E-state index contributed by atoms with van der Waals surface area (Å²) < 4.78 is 19.4. The molecule has 0 aromatic carbocycles. The van der Waals surface area contributed by atoms with Crippen LogP contribution in [0.4, 0.5) is 0 Å². The van der Waals surface area contributed by atoms with Crippen molar-refractivity contribution < 1.29 is 17.1 Å². The number of carbonyl (C=O) groups excluding carboxylic acids is 2. The summed E-state index contributed by atoms with van der Waals surface area (Å²) in [5.74, 6) is -0.357. The molecule has 3 nitrogen and oxygen atoms in total. The summed E-state index contributed by atoms with van der Waals surface area (Å²) >= 11 is 0. The van der Waals surface area contributed by atoms with Crippen molar-refractivity contribution in [3.05, 3.63) is 0 Å². The van der Waals surface area contributed by atoms with E-state index in [1.54, 1.807) is 0 Å². The number of rotatable bonds is 7. The van der Waals surface area contributed by atoms with Gasteiger partial charge in [0.05, 0.1) is 7.11 Å². The third kappa shape index (κ3) is 7.25. The Morgan fingerprint density at radius 1 is 1.50 bits per heavy atom. The molecule has 0 aliphatic heterocycles. The number of ether oxygens (including phenoxy) is 1. The monoisotopic (exact) mass is 174 g/mol. The summed E-state index contributed by atoms with van der Waals surface area (Å²) in [5.41, 5.74) is 0. The van der Waals surface area contributed by atoms with Gasteiger partial charge in [0.2, 0.25) is 0 Å². The molecule has 0 saturated carbocycles. The summed E-state index contributed by atoms with van der Waals surface area (Å²) in [4.78, 5) is 20.8. The first-order valence-corrected chi connectivity index (χ1v) is 3.96. The van der Waals surface area contributed by atoms with Crippen LogP contribution in [-0.4, -0.2) is 19.4 Å². The molecule has 0 saturated heterocycles. The second-order valence-corrected chi connectivity index (χ2v) is 2.33. The zero-order valence-electron chi connectivity index (χ0n) is 9.29. The second kappa shape index (κ2) is 8.24. The van der Waals surface area contributed by atoms with Gasteiger partial charge in [0.25, 0.3) is 0 Å². The summed E-state index contributed by atoms with van der Waals surface area (Å²) in [6.07, 6.45) is 0.717. The predicted molar refractivity (Wildman–Crippen MR) is 45.8 cm³/mol. The highest BCUT2D eigenvalue weighted by Gasteiger charge is 1.98. The zero-order valence-corrected chi connectivity index (χ0v) is 7.29. The lowest BCUT2D eigenvalue weighted by atomic mass is 10.1. The molecule has 0 aromatic rings. The van der Waals surface area contributed by atoms with E-state index in [2.05, 4.69) is 4.74 Å². The Balaban J connectivity index is 3.65. The lowest BCUT2D eigenvalue weighted by Crippen LogP contribution is -1.99. The molecule has 2 atom stereocenters. The molecule has 12 heavy (non-hydrogen) atoms. The Bertz CT molecular complexity index is 185. The topological polar surface area (TPSA) is 43.4 Å². The minimum absolute atomic E-state index is 0.168. The van der Waals surface area contributed by atoms with Crippen LogP contribution in [0.3, 0.4) is 0 Å². The molecular weight excluding hydrogens is 156 g/mol. The molecule has 0 N–H and O–H groups in total. The maximum Gasteiger partial charge on any atom is 0.305 e. The maximum absolute atomic E-state index is 10.7. The van der Waals surface area contributed by atoms with Crippen LogP contribution in [0, 0.1) is 0 Å². The van der Waals surface area contributed by atoms with E-state index in [9.17, 15) is 9.59 Å². The summed E-state index contributed by atoms with van der Waals surface area (Å²) in [6, 6.07) is 0. The van der Waals surface area contributed by atoms with Crippen molar-refractivity contribution in [2.24, 2.45) is 0 Å². The van der Waals surface area contributed by atoms with Crippen molar-refractivity contribution in [2.75, 3.05) is 7.11 Å². The molecule has 3 heteroatoms. The molecule has 0 amide bonds. The van der Waals surface area contributed by atoms with Crippen molar-refractivity contribution >= 4 is 12.3 Å². The number of methoxy groups -OCH3 is 1. The van der Waals surface area contributed by atoms with Crippen LogP contribution in [0.5, 0.6) is 0 Å². The number of hydrogen-bond acceptors (Lipinski definition) is 3. The minimum Gasteiger partial charge on any atom is -0.469 e. The average molecular weight is 174 g/mol. The number of carbonyl (C=O) groups is 2. The molecule has 70 valence electrons. The van der Waals surface area contributed by atoms with E-state index in [0.717, 1.165) is 6.29 Å². The van der Waals surface area contributed by atoms with Crippen LogP contribution in [-0.2, 0) is 14.3 Å². The number of aldehydes is 1. The van der Waals surface area contributed by atoms with Crippen LogP contribution >= 0.6 is 0 Å². The van der Waals surface area contributed by atoms with Gasteiger partial charge in [-0.1, -0.05) is 12.8 Å². The molecular formula is C9H16O3. The molecule has 0 heterocycles. The van der Waals surface area contributed by atoms with Gasteiger partial charge in [-0.3, -0.25) is 4.79 Å². The van der Waals surface area contributed by atoms with Crippen molar-refractivity contribution in [1.82, 2.24) is 0 Å². The fraction of sp³-hybridized carbons (Fsp3) is 0.778. The summed E-state index contributed by atoms with van der Waals surface area (Å²) in [5, 5.41) is 0. The molecule has 2 unspecified atom stereocenters. The van der Waals surface area contributed by atoms with Gasteiger partial charge in [0, 0.05) is 15.6 Å². The molecule has 0 fully saturated rings. The van der Waals surface area contributed by atoms with E-state index in [1.807, 2.05) is 0 Å². The second-order valence-electron chi connectivity index (χ2n) is 2.33. The highest BCUT2D eigenvalue weighted by molar-refractivity contribution is 5.68. The van der Waals surface area contributed by atoms with Gasteiger partial charge in [-0.25, -0.2) is 0 Å². The lowest BCUT2D eigenvalue weighted by Gasteiger charge is -1.98. The highest BCUT2D eigenvalue weighted by Crippen LogP contribution is 2.04. The van der Waals surface area contributed by atoms with Crippen molar-refractivity contribution in [3.8, 4) is 0 Å². The Morgan fingerprint density at radius 3 is 2.75 bits per heavy atom. The van der Waals surface area contributed by atoms with Crippen molar-refractivity contribution in [3.63, 3.8) is 0 Å². The van der Waals surface area contributed by atoms with E-state index in [-0.39, 0.29) is 12.4 Å². The standard InChI is InChI=1S/C9H16O3/c1-12-9(11)7-5-3-2-4-6-8-10/h8H,2-7H2,1H3/i2D,3D. The van der Waals surface area contributed by atoms with Crippen molar-refractivity contribution in [1.29, 1.82) is 0 Å². The first kappa shape index (κ1) is 7.77. The molecule has 0 spiro atoms. The van der Waals surface area contributed by atoms with E-state index >= 15 is 0 Å². The fourth-order valence-corrected chi connectivity index (χ4v) is 0.703. The first-order valence-electron chi connectivity index (χ1n) is 5.12. The maximum atomic E-state index is 10.7. The van der Waals surface area contributed by atoms with Gasteiger partial charge < -0.3 is 9.53 Å². The summed E-state index contributed by atoms with van der Waals surface area (Å²) in [7, 11) is 1.30. The third-order valence-electron chi connectivity index (χ3n) is 1.36. The van der Waals surface area contributed by atoms with Gasteiger partial charge in [-0.15, -0.1) is 0 Å². The fourth-order valence-electron chi connectivity index (χ4n) is 0.703. The van der Waals surface area contributed by atoms with Crippen LogP contribution in [0.15, 0.2) is 0 Å². The molecule has 0 aliphatic rings. The van der Waals surface area contributed by atoms with E-state index in [1.165, 1.54) is 7.11 Å². The quantitative estimate of drug-likeness (QED) is 0.436. The van der Waals surface area contributed by atoms with Crippen LogP contribution in [0.1, 0.15) is 41.2 Å². The molecule has 0 radical (unpaired) electrons. The molecule has 0 aliphatic carbocycles. The molecule has 0 bridgehead atoms. The van der Waals surface area contributed by atoms with E-state index in [0.29, 0.717) is 19.3 Å². The summed E-state index contributed by atoms with van der Waals surface area (Å²) in [6.45, 7) is 0. The SMILES string of the molecule is [2H]C(CCC=O)C([2H])CCC(=O)OC. The van der Waals surface area contributed by atoms with Gasteiger partial charge in [0.15, 0.2) is 0 Å². The third-order valence-corrected chi connectivity index (χ3v) is 1.36. The average Bonchev–Trinajstić information content (AvgIpc) is 2.21. The lowest BCUT2D eigenvalue weighted by molar-refractivity contribution is -0.140. The van der Waals surface area contributed by atoms with E-state index < -0.39 is 12.8 Å². The van der Waals surface area contributed by atoms with Gasteiger partial charge in [-0.05, 0) is 12.8 Å².